The summed E-state index contributed by atoms with van der Waals surface area (Å²) in [5.74, 6) is -1.61. The van der Waals surface area contributed by atoms with Crippen LogP contribution in [0.2, 0.25) is 15.1 Å². The van der Waals surface area contributed by atoms with E-state index in [-0.39, 0.29) is 53.0 Å². The Balaban J connectivity index is 0.000000139. The number of nitrogens with zero attached hydrogens (tertiary/aromatic N) is 5. The highest BCUT2D eigenvalue weighted by Gasteiger charge is 2.51. The van der Waals surface area contributed by atoms with Crippen LogP contribution in [0, 0.1) is 53.3 Å². The van der Waals surface area contributed by atoms with Gasteiger partial charge in [-0.3, -0.25) is 43.7 Å². The summed E-state index contributed by atoms with van der Waals surface area (Å²) >= 11 is 21.0. The van der Waals surface area contributed by atoms with Crippen molar-refractivity contribution in [1.29, 1.82) is 0 Å². The van der Waals surface area contributed by atoms with Crippen molar-refractivity contribution in [1.82, 2.24) is 15.0 Å². The number of carbonyl (C=O) groups excluding carboxylic acids is 5. The van der Waals surface area contributed by atoms with Gasteiger partial charge in [0.1, 0.15) is 17.1 Å². The van der Waals surface area contributed by atoms with Gasteiger partial charge in [-0.05, 0) is 215 Å². The molecule has 6 saturated carbocycles. The first-order chi connectivity index (χ1) is 40.1. The lowest BCUT2D eigenvalue weighted by Gasteiger charge is -2.25. The van der Waals surface area contributed by atoms with Gasteiger partial charge >= 0.3 is 17.9 Å². The van der Waals surface area contributed by atoms with Crippen molar-refractivity contribution in [3.8, 4) is 0 Å². The lowest BCUT2D eigenvalue weighted by Crippen LogP contribution is -2.20. The number of aliphatic carboxylic acids is 1. The molecule has 6 fully saturated rings. The second-order valence-electron chi connectivity index (χ2n) is 21.8. The van der Waals surface area contributed by atoms with Crippen LogP contribution in [0.25, 0.3) is 0 Å². The van der Waals surface area contributed by atoms with Crippen molar-refractivity contribution in [2.45, 2.75) is 71.6 Å². The van der Waals surface area contributed by atoms with Crippen LogP contribution >= 0.6 is 50.7 Å². The molecule has 0 bridgehead atoms. The fourth-order valence-corrected chi connectivity index (χ4v) is 10.1. The van der Waals surface area contributed by atoms with Gasteiger partial charge in [0.25, 0.3) is 0 Å². The summed E-state index contributed by atoms with van der Waals surface area (Å²) in [4.78, 5) is 88.2. The molecule has 434 valence electrons. The summed E-state index contributed by atoms with van der Waals surface area (Å²) in [5, 5.41) is 14.6. The van der Waals surface area contributed by atoms with Gasteiger partial charge < -0.3 is 29.7 Å². The molecule has 0 amide bonds. The van der Waals surface area contributed by atoms with Gasteiger partial charge in [0.15, 0.2) is 17.3 Å². The third-order valence-electron chi connectivity index (χ3n) is 15.2. The van der Waals surface area contributed by atoms with E-state index in [1.54, 1.807) is 56.7 Å². The molecule has 6 aliphatic carbocycles. The van der Waals surface area contributed by atoms with E-state index in [1.807, 2.05) is 84.9 Å². The Bertz CT molecular complexity index is 3220. The molecule has 2 N–H and O–H groups in total. The number of aromatic nitrogens is 3. The zero-order chi connectivity index (χ0) is 58.7. The average molecular weight is 1250 g/mol. The Labute approximate surface area is 507 Å². The number of nitrogens with one attached hydrogen (secondary N) is 1. The molecule has 6 atom stereocenters. The van der Waals surface area contributed by atoms with Crippen LogP contribution in [0.15, 0.2) is 132 Å². The predicted molar refractivity (Wildman–Crippen MR) is 324 cm³/mol. The molecule has 3 aromatic heterocycles. The highest BCUT2D eigenvalue weighted by atomic mass is 79.9. The number of ether oxygens (including phenoxy) is 2. The van der Waals surface area contributed by atoms with Gasteiger partial charge in [0.2, 0.25) is 0 Å². The van der Waals surface area contributed by atoms with Crippen LogP contribution < -0.4 is 15.1 Å². The molecular formula is C64H66BrCl3N6O9. The normalized spacial score (nSPS) is 20.4. The summed E-state index contributed by atoms with van der Waals surface area (Å²) in [7, 11) is 0. The monoisotopic (exact) mass is 1250 g/mol. The molecule has 3 aromatic carbocycles. The lowest BCUT2D eigenvalue weighted by molar-refractivity contribution is -0.145. The molecule has 0 aliphatic heterocycles. The number of benzene rings is 3. The number of hydrogen-bond acceptors (Lipinski definition) is 14. The Kier molecular flexibility index (Phi) is 20.7. The number of hydrogen-bond donors (Lipinski definition) is 2. The number of ketones is 3. The molecule has 19 heteroatoms. The number of halogens is 4. The Morgan fingerprint density at radius 2 is 0.855 bits per heavy atom. The van der Waals surface area contributed by atoms with Crippen molar-refractivity contribution in [3.05, 3.63) is 164 Å². The van der Waals surface area contributed by atoms with Crippen molar-refractivity contribution in [2.75, 3.05) is 48.0 Å². The largest absolute Gasteiger partial charge is 0.481 e. The maximum absolute atomic E-state index is 12.6. The molecule has 12 rings (SSSR count). The minimum absolute atomic E-state index is 0.0736. The maximum Gasteiger partial charge on any atom is 0.309 e. The SMILES string of the molecule is CCOC(=O)C1CC1C(=O)c1ccc(Br)cn1.CCOC(=O)C1CC1C(=O)c1ccc(N(CC2CC2)c2ccc(Cl)cc2)cn1.Clc1ccc(NCC2CC2)cc1.O=C(O)C1CC1C(=O)c1ccc(N(CC2CC2)c2ccc(Cl)cc2)cn1. The van der Waals surface area contributed by atoms with Crippen LogP contribution in [0.4, 0.5) is 28.4 Å². The van der Waals surface area contributed by atoms with Crippen molar-refractivity contribution in [2.24, 2.45) is 53.3 Å². The number of carboxylic acids is 1. The van der Waals surface area contributed by atoms with Gasteiger partial charge in [0, 0.05) is 80.2 Å². The minimum Gasteiger partial charge on any atom is -0.481 e. The van der Waals surface area contributed by atoms with Crippen LogP contribution in [0.5, 0.6) is 0 Å². The number of esters is 2. The molecule has 0 spiro atoms. The van der Waals surface area contributed by atoms with Crippen molar-refractivity contribution < 1.29 is 43.3 Å². The van der Waals surface area contributed by atoms with Crippen LogP contribution in [-0.2, 0) is 23.9 Å². The van der Waals surface area contributed by atoms with E-state index in [0.717, 1.165) is 57.8 Å². The van der Waals surface area contributed by atoms with E-state index in [4.69, 9.17) is 49.4 Å². The molecule has 0 saturated heterocycles. The minimum atomic E-state index is -0.904. The van der Waals surface area contributed by atoms with Gasteiger partial charge in [-0.25, -0.2) is 0 Å². The van der Waals surface area contributed by atoms with E-state index in [0.29, 0.717) is 71.4 Å². The number of anilines is 5. The molecule has 6 aromatic rings. The smallest absolute Gasteiger partial charge is 0.309 e. The van der Waals surface area contributed by atoms with Gasteiger partial charge in [-0.1, -0.05) is 34.8 Å². The first kappa shape index (κ1) is 60.9. The van der Waals surface area contributed by atoms with Crippen molar-refractivity contribution in [3.63, 3.8) is 0 Å². The van der Waals surface area contributed by atoms with E-state index in [9.17, 15) is 28.8 Å². The van der Waals surface area contributed by atoms with E-state index < -0.39 is 17.8 Å². The summed E-state index contributed by atoms with van der Waals surface area (Å²) in [6, 6.07) is 34.0. The third-order valence-corrected chi connectivity index (χ3v) is 16.4. The molecule has 0 radical (unpaired) electrons. The average Bonchev–Trinajstić information content (AvgIpc) is 4.44. The molecule has 6 aliphatic rings. The zero-order valence-electron chi connectivity index (χ0n) is 46.2. The fourth-order valence-electron chi connectivity index (χ4n) is 9.45. The summed E-state index contributed by atoms with van der Waals surface area (Å²) in [6.45, 7) is 7.16. The molecular weight excluding hydrogens is 1180 g/mol. The van der Waals surface area contributed by atoms with Gasteiger partial charge in [-0.15, -0.1) is 0 Å². The summed E-state index contributed by atoms with van der Waals surface area (Å²) in [6.07, 6.45) is 14.3. The lowest BCUT2D eigenvalue weighted by atomic mass is 10.1. The quantitative estimate of drug-likeness (QED) is 0.0480. The van der Waals surface area contributed by atoms with Gasteiger partial charge in [-0.2, -0.15) is 0 Å². The van der Waals surface area contributed by atoms with Crippen LogP contribution in [-0.4, -0.2) is 88.2 Å². The maximum atomic E-state index is 12.6. The zero-order valence-corrected chi connectivity index (χ0v) is 50.0. The molecule has 83 heavy (non-hydrogen) atoms. The molecule has 3 heterocycles. The molecule has 6 unspecified atom stereocenters. The van der Waals surface area contributed by atoms with E-state index in [1.165, 1.54) is 44.2 Å². The Hall–Kier alpha value is -6.72. The standard InChI is InChI=1S/C22H23ClN2O3.C20H19ClN2O3.C12H12BrNO3.C10H12ClN/c1-2-28-22(27)19-11-18(19)21(26)20-10-9-17(12-24-20)25(13-14-3-4-14)16-7-5-15(23)6-8-16;21-13-3-5-14(6-4-13)23(11-12-1-2-12)15-7-8-18(22-10-15)19(24)16-9-17(16)20(25)26;1-2-17-12(16)9-5-8(9)11(15)10-4-3-7(13)6-14-10;11-9-3-5-10(6-4-9)12-7-8-1-2-8/h5-10,12,14,18-19H,2-4,11,13H2,1H3;3-8,10,12,16-17H,1-2,9,11H2,(H,25,26);3-4,6,8-9H,2,5H2,1H3;3-6,8,12H,1-2,7H2. The topological polar surface area (TPSA) is 198 Å². The number of rotatable bonds is 22. The van der Waals surface area contributed by atoms with E-state index >= 15 is 0 Å². The van der Waals surface area contributed by atoms with Crippen molar-refractivity contribution >= 4 is 114 Å². The van der Waals surface area contributed by atoms with E-state index in [2.05, 4.69) is 46.0 Å². The van der Waals surface area contributed by atoms with Crippen LogP contribution in [0.1, 0.15) is 103 Å². The second kappa shape index (κ2) is 28.2. The first-order valence-electron chi connectivity index (χ1n) is 28.3. The predicted octanol–water partition coefficient (Wildman–Crippen LogP) is 14.2. The number of Topliss-reactive ketones (excluding diaryl/α,β-unsaturated/α-hetero) is 3. The molecule has 15 nitrogen and oxygen atoms in total. The third kappa shape index (κ3) is 17.7. The fraction of sp³-hybridized carbons (Fsp3) is 0.391. The summed E-state index contributed by atoms with van der Waals surface area (Å²) in [5.41, 5.74) is 6.28. The van der Waals surface area contributed by atoms with Gasteiger partial charge in [0.05, 0.1) is 54.7 Å². The van der Waals surface area contributed by atoms with Crippen LogP contribution in [0.3, 0.4) is 0 Å². The Morgan fingerprint density at radius 1 is 0.494 bits per heavy atom. The second-order valence-corrected chi connectivity index (χ2v) is 24.1. The number of carbonyl (C=O) groups is 6. The number of pyridine rings is 3. The highest BCUT2D eigenvalue weighted by Crippen LogP contribution is 2.44. The first-order valence-corrected chi connectivity index (χ1v) is 30.3. The summed E-state index contributed by atoms with van der Waals surface area (Å²) < 4.78 is 10.7. The highest BCUT2D eigenvalue weighted by molar-refractivity contribution is 9.10. The number of carboxylic acid groups (broad SMARTS) is 1. The Morgan fingerprint density at radius 3 is 1.19 bits per heavy atom.